The molecule has 0 radical (unpaired) electrons. The molecule has 1 aliphatic rings. The Bertz CT molecular complexity index is 1550. The molecule has 0 saturated carbocycles. The SMILES string of the molecule is COCCn1c(=NC(=O)c2ccc(S(=O)(=O)N3CCc4ccccc4C3)cc2)sc2ccccc21. The van der Waals surface area contributed by atoms with Crippen molar-refractivity contribution >= 4 is 37.5 Å². The standard InChI is InChI=1S/C26H25N3O4S2/c1-33-17-16-29-23-8-4-5-9-24(23)34-26(29)27-25(30)20-10-12-22(13-11-20)35(31,32)28-15-14-19-6-2-3-7-21(19)18-28/h2-13H,14-18H2,1H3. The van der Waals surface area contributed by atoms with Crippen molar-refractivity contribution in [3.8, 4) is 0 Å². The third kappa shape index (κ3) is 4.72. The second-order valence-electron chi connectivity index (χ2n) is 8.30. The molecule has 9 heteroatoms. The predicted octanol–water partition coefficient (Wildman–Crippen LogP) is 3.84. The van der Waals surface area contributed by atoms with Crippen LogP contribution in [0.3, 0.4) is 0 Å². The highest BCUT2D eigenvalue weighted by Crippen LogP contribution is 2.25. The van der Waals surface area contributed by atoms with Crippen LogP contribution in [0.5, 0.6) is 0 Å². The minimum atomic E-state index is -3.66. The monoisotopic (exact) mass is 507 g/mol. The maximum atomic E-state index is 13.2. The summed E-state index contributed by atoms with van der Waals surface area (Å²) in [4.78, 5) is 18.1. The lowest BCUT2D eigenvalue weighted by molar-refractivity contribution is 0.0997. The van der Waals surface area contributed by atoms with E-state index >= 15 is 0 Å². The van der Waals surface area contributed by atoms with Gasteiger partial charge in [-0.3, -0.25) is 4.79 Å². The van der Waals surface area contributed by atoms with Crippen molar-refractivity contribution in [2.75, 3.05) is 20.3 Å². The molecule has 4 aromatic rings. The first-order chi connectivity index (χ1) is 17.0. The van der Waals surface area contributed by atoms with Crippen LogP contribution in [0.15, 0.2) is 82.7 Å². The van der Waals surface area contributed by atoms with Gasteiger partial charge in [-0.1, -0.05) is 47.7 Å². The van der Waals surface area contributed by atoms with Crippen molar-refractivity contribution in [2.45, 2.75) is 24.4 Å². The predicted molar refractivity (Wildman–Crippen MR) is 136 cm³/mol. The summed E-state index contributed by atoms with van der Waals surface area (Å²) < 4.78 is 36.1. The number of benzene rings is 3. The van der Waals surface area contributed by atoms with E-state index in [1.165, 1.54) is 45.5 Å². The molecule has 2 heterocycles. The number of hydrogen-bond acceptors (Lipinski definition) is 5. The average molecular weight is 508 g/mol. The topological polar surface area (TPSA) is 81.0 Å². The van der Waals surface area contributed by atoms with Crippen LogP contribution in [0.25, 0.3) is 10.2 Å². The number of thiazole rings is 1. The molecule has 0 fully saturated rings. The minimum absolute atomic E-state index is 0.172. The fourth-order valence-electron chi connectivity index (χ4n) is 4.25. The van der Waals surface area contributed by atoms with Crippen LogP contribution in [0.4, 0.5) is 0 Å². The number of ether oxygens (including phenoxy) is 1. The number of rotatable bonds is 6. The number of nitrogens with zero attached hydrogens (tertiary/aromatic N) is 3. The summed E-state index contributed by atoms with van der Waals surface area (Å²) in [6.45, 7) is 1.85. The number of amides is 1. The fourth-order valence-corrected chi connectivity index (χ4v) is 6.72. The van der Waals surface area contributed by atoms with Gasteiger partial charge in [0.25, 0.3) is 5.91 Å². The summed E-state index contributed by atoms with van der Waals surface area (Å²) in [5.41, 5.74) is 3.54. The molecular weight excluding hydrogens is 482 g/mol. The number of methoxy groups -OCH3 is 1. The Labute approximate surface area is 208 Å². The number of carbonyl (C=O) groups excluding carboxylic acids is 1. The molecule has 0 bridgehead atoms. The molecule has 0 aliphatic carbocycles. The third-order valence-corrected chi connectivity index (χ3v) is 9.06. The molecule has 3 aromatic carbocycles. The Morgan fingerprint density at radius 3 is 2.49 bits per heavy atom. The van der Waals surface area contributed by atoms with Crippen LogP contribution < -0.4 is 4.80 Å². The highest BCUT2D eigenvalue weighted by atomic mass is 32.2. The number of aromatic nitrogens is 1. The molecule has 7 nitrogen and oxygen atoms in total. The van der Waals surface area contributed by atoms with Gasteiger partial charge >= 0.3 is 0 Å². The van der Waals surface area contributed by atoms with E-state index < -0.39 is 15.9 Å². The van der Waals surface area contributed by atoms with Crippen LogP contribution in [-0.2, 0) is 34.3 Å². The number of hydrogen-bond donors (Lipinski definition) is 0. The number of para-hydroxylation sites is 1. The van der Waals surface area contributed by atoms with Crippen molar-refractivity contribution < 1.29 is 17.9 Å². The third-order valence-electron chi connectivity index (χ3n) is 6.14. The summed E-state index contributed by atoms with van der Waals surface area (Å²) in [5.74, 6) is -0.418. The van der Waals surface area contributed by atoms with Gasteiger partial charge in [0.2, 0.25) is 10.0 Å². The average Bonchev–Trinajstić information content (AvgIpc) is 3.23. The molecule has 5 rings (SSSR count). The summed E-state index contributed by atoms with van der Waals surface area (Å²) in [5, 5.41) is 0. The summed E-state index contributed by atoms with van der Waals surface area (Å²) in [6.07, 6.45) is 0.684. The molecule has 1 aromatic heterocycles. The van der Waals surface area contributed by atoms with E-state index in [-0.39, 0.29) is 4.90 Å². The molecule has 35 heavy (non-hydrogen) atoms. The van der Waals surface area contributed by atoms with E-state index in [0.29, 0.717) is 43.0 Å². The van der Waals surface area contributed by atoms with Crippen molar-refractivity contribution in [3.05, 3.63) is 94.3 Å². The Hall–Kier alpha value is -3.11. The lowest BCUT2D eigenvalue weighted by Crippen LogP contribution is -2.35. The summed E-state index contributed by atoms with van der Waals surface area (Å²) >= 11 is 1.44. The largest absolute Gasteiger partial charge is 0.383 e. The van der Waals surface area contributed by atoms with Crippen molar-refractivity contribution in [3.63, 3.8) is 0 Å². The van der Waals surface area contributed by atoms with Crippen LogP contribution >= 0.6 is 11.3 Å². The second kappa shape index (κ2) is 9.87. The van der Waals surface area contributed by atoms with Crippen molar-refractivity contribution in [1.29, 1.82) is 0 Å². The zero-order valence-electron chi connectivity index (χ0n) is 19.3. The van der Waals surface area contributed by atoms with Gasteiger partial charge in [0.05, 0.1) is 21.7 Å². The highest BCUT2D eigenvalue weighted by molar-refractivity contribution is 7.89. The fraction of sp³-hybridized carbons (Fsp3) is 0.231. The molecule has 180 valence electrons. The van der Waals surface area contributed by atoms with Gasteiger partial charge in [0, 0.05) is 32.3 Å². The summed E-state index contributed by atoms with van der Waals surface area (Å²) in [7, 11) is -2.03. The molecular formula is C26H25N3O4S2. The van der Waals surface area contributed by atoms with Gasteiger partial charge in [-0.05, 0) is 53.9 Å². The van der Waals surface area contributed by atoms with Gasteiger partial charge in [0.15, 0.2) is 4.80 Å². The quantitative estimate of drug-likeness (QED) is 0.397. The van der Waals surface area contributed by atoms with E-state index in [2.05, 4.69) is 4.99 Å². The molecule has 1 aliphatic heterocycles. The Morgan fingerprint density at radius 1 is 1.00 bits per heavy atom. The lowest BCUT2D eigenvalue weighted by Gasteiger charge is -2.28. The second-order valence-corrected chi connectivity index (χ2v) is 11.2. The van der Waals surface area contributed by atoms with Crippen molar-refractivity contribution in [2.24, 2.45) is 4.99 Å². The molecule has 0 spiro atoms. The molecule has 0 atom stereocenters. The maximum absolute atomic E-state index is 13.2. The highest BCUT2D eigenvalue weighted by Gasteiger charge is 2.28. The van der Waals surface area contributed by atoms with Gasteiger partial charge in [-0.2, -0.15) is 9.30 Å². The lowest BCUT2D eigenvalue weighted by atomic mass is 10.0. The number of sulfonamides is 1. The van der Waals surface area contributed by atoms with Crippen LogP contribution in [0.1, 0.15) is 21.5 Å². The molecule has 0 saturated heterocycles. The molecule has 1 amide bonds. The minimum Gasteiger partial charge on any atom is -0.383 e. The normalized spacial score (nSPS) is 14.8. The van der Waals surface area contributed by atoms with Crippen LogP contribution in [0, 0.1) is 0 Å². The Morgan fingerprint density at radius 2 is 1.71 bits per heavy atom. The van der Waals surface area contributed by atoms with Gasteiger partial charge < -0.3 is 9.30 Å². The van der Waals surface area contributed by atoms with E-state index in [1.807, 2.05) is 53.1 Å². The Kier molecular flexibility index (Phi) is 6.66. The van der Waals surface area contributed by atoms with Gasteiger partial charge in [0.1, 0.15) is 0 Å². The van der Waals surface area contributed by atoms with Crippen LogP contribution in [0.2, 0.25) is 0 Å². The van der Waals surface area contributed by atoms with E-state index in [0.717, 1.165) is 15.8 Å². The number of carbonyl (C=O) groups is 1. The van der Waals surface area contributed by atoms with Gasteiger partial charge in [-0.25, -0.2) is 8.42 Å². The first-order valence-electron chi connectivity index (χ1n) is 11.3. The first-order valence-corrected chi connectivity index (χ1v) is 13.6. The van der Waals surface area contributed by atoms with E-state index in [4.69, 9.17) is 4.74 Å². The zero-order chi connectivity index (χ0) is 24.4. The van der Waals surface area contributed by atoms with Gasteiger partial charge in [-0.15, -0.1) is 0 Å². The number of fused-ring (bicyclic) bond motifs is 2. The molecule has 0 unspecified atom stereocenters. The zero-order valence-corrected chi connectivity index (χ0v) is 20.9. The smallest absolute Gasteiger partial charge is 0.279 e. The van der Waals surface area contributed by atoms with Crippen LogP contribution in [-0.4, -0.2) is 43.5 Å². The summed E-state index contributed by atoms with van der Waals surface area (Å²) in [6, 6.07) is 21.8. The van der Waals surface area contributed by atoms with E-state index in [1.54, 1.807) is 7.11 Å². The van der Waals surface area contributed by atoms with Crippen molar-refractivity contribution in [1.82, 2.24) is 8.87 Å². The van der Waals surface area contributed by atoms with E-state index in [9.17, 15) is 13.2 Å². The molecule has 0 N–H and O–H groups in total. The maximum Gasteiger partial charge on any atom is 0.279 e. The first kappa shape index (κ1) is 23.6. The Balaban J connectivity index is 1.40.